The number of benzene rings is 2. The summed E-state index contributed by atoms with van der Waals surface area (Å²) in [5.41, 5.74) is 2.82. The number of halogens is 1. The fourth-order valence-corrected chi connectivity index (χ4v) is 4.14. The van der Waals surface area contributed by atoms with Crippen LogP contribution in [0.1, 0.15) is 34.5 Å². The van der Waals surface area contributed by atoms with Gasteiger partial charge in [0, 0.05) is 35.7 Å². The normalized spacial score (nSPS) is 15.2. The molecule has 0 fully saturated rings. The van der Waals surface area contributed by atoms with Crippen LogP contribution in [-0.2, 0) is 11.3 Å². The second-order valence-electron chi connectivity index (χ2n) is 8.48. The van der Waals surface area contributed by atoms with Crippen molar-refractivity contribution in [3.63, 3.8) is 0 Å². The lowest BCUT2D eigenvalue weighted by atomic mass is 9.93. The third kappa shape index (κ3) is 5.01. The summed E-state index contributed by atoms with van der Waals surface area (Å²) < 4.78 is 14.6. The van der Waals surface area contributed by atoms with Gasteiger partial charge in [-0.05, 0) is 54.4 Å². The molecule has 1 atom stereocenters. The molecule has 5 N–H and O–H groups in total. The van der Waals surface area contributed by atoms with Crippen molar-refractivity contribution < 1.29 is 18.8 Å². The van der Waals surface area contributed by atoms with Gasteiger partial charge in [-0.3, -0.25) is 19.7 Å². The third-order valence-electron chi connectivity index (χ3n) is 5.96. The number of pyridine rings is 1. The Morgan fingerprint density at radius 2 is 1.95 bits per heavy atom. The zero-order chi connectivity index (χ0) is 25.9. The summed E-state index contributed by atoms with van der Waals surface area (Å²) >= 11 is 0. The van der Waals surface area contributed by atoms with Gasteiger partial charge in [0.15, 0.2) is 0 Å². The summed E-state index contributed by atoms with van der Waals surface area (Å²) in [7, 11) is 0. The van der Waals surface area contributed by atoms with E-state index in [4.69, 9.17) is 0 Å². The number of hydrogen-bond donors (Lipinski definition) is 5. The van der Waals surface area contributed by atoms with Gasteiger partial charge in [-0.15, -0.1) is 0 Å². The minimum Gasteiger partial charge on any atom is -0.348 e. The van der Waals surface area contributed by atoms with Crippen LogP contribution in [0, 0.1) is 5.82 Å². The highest BCUT2D eigenvalue weighted by atomic mass is 19.1. The second-order valence-corrected chi connectivity index (χ2v) is 8.48. The minimum atomic E-state index is -0.920. The molecule has 0 bridgehead atoms. The lowest BCUT2D eigenvalue weighted by Gasteiger charge is -2.29. The number of anilines is 1. The molecule has 37 heavy (non-hydrogen) atoms. The number of carbonyl (C=O) groups is 3. The summed E-state index contributed by atoms with van der Waals surface area (Å²) in [6.07, 6.45) is 4.85. The van der Waals surface area contributed by atoms with Gasteiger partial charge in [0.05, 0.1) is 28.9 Å². The van der Waals surface area contributed by atoms with Gasteiger partial charge in [-0.1, -0.05) is 12.1 Å². The molecular weight excluding hydrogens is 477 g/mol. The molecule has 0 saturated heterocycles. The molecule has 0 radical (unpaired) electrons. The van der Waals surface area contributed by atoms with Crippen molar-refractivity contribution >= 4 is 34.4 Å². The molecule has 0 saturated carbocycles. The van der Waals surface area contributed by atoms with E-state index in [9.17, 15) is 18.8 Å². The van der Waals surface area contributed by atoms with Crippen molar-refractivity contribution in [2.24, 2.45) is 0 Å². The SMILES string of the molecule is CC1=C(C(=O)Nc2ccc3[nH]ncc3c2)C(c2ccc(F)c(C(=O)NCc3cccnc3)c2)NC(=O)N1. The van der Waals surface area contributed by atoms with Crippen molar-refractivity contribution in [1.82, 2.24) is 31.1 Å². The number of aromatic amines is 1. The highest BCUT2D eigenvalue weighted by molar-refractivity contribution is 6.07. The summed E-state index contributed by atoms with van der Waals surface area (Å²) in [5.74, 6) is -1.83. The molecule has 1 aliphatic rings. The lowest BCUT2D eigenvalue weighted by Crippen LogP contribution is -2.46. The third-order valence-corrected chi connectivity index (χ3v) is 5.96. The smallest absolute Gasteiger partial charge is 0.319 e. The molecule has 5 rings (SSSR count). The van der Waals surface area contributed by atoms with Crippen LogP contribution in [0.5, 0.6) is 0 Å². The van der Waals surface area contributed by atoms with Crippen LogP contribution >= 0.6 is 0 Å². The molecule has 10 nitrogen and oxygen atoms in total. The van der Waals surface area contributed by atoms with Crippen molar-refractivity contribution in [2.45, 2.75) is 19.5 Å². The first-order valence-electron chi connectivity index (χ1n) is 11.4. The van der Waals surface area contributed by atoms with E-state index in [1.165, 1.54) is 12.1 Å². The van der Waals surface area contributed by atoms with E-state index < -0.39 is 29.7 Å². The molecule has 2 aromatic heterocycles. The van der Waals surface area contributed by atoms with E-state index in [1.807, 2.05) is 0 Å². The summed E-state index contributed by atoms with van der Waals surface area (Å²) in [4.78, 5) is 42.4. The Kier molecular flexibility index (Phi) is 6.33. The largest absolute Gasteiger partial charge is 0.348 e. The van der Waals surface area contributed by atoms with E-state index >= 15 is 0 Å². The first kappa shape index (κ1) is 23.7. The Morgan fingerprint density at radius 1 is 1.08 bits per heavy atom. The van der Waals surface area contributed by atoms with Crippen LogP contribution in [0.3, 0.4) is 0 Å². The van der Waals surface area contributed by atoms with Crippen LogP contribution in [-0.4, -0.2) is 33.0 Å². The number of urea groups is 1. The van der Waals surface area contributed by atoms with Crippen LogP contribution in [0.15, 0.2) is 78.4 Å². The molecule has 2 aromatic carbocycles. The highest BCUT2D eigenvalue weighted by Crippen LogP contribution is 2.29. The van der Waals surface area contributed by atoms with E-state index in [0.717, 1.165) is 22.5 Å². The maximum atomic E-state index is 14.6. The van der Waals surface area contributed by atoms with Crippen LogP contribution in [0.2, 0.25) is 0 Å². The molecule has 0 aliphatic carbocycles. The van der Waals surface area contributed by atoms with Gasteiger partial charge >= 0.3 is 6.03 Å². The molecule has 4 aromatic rings. The first-order valence-corrected chi connectivity index (χ1v) is 11.4. The Hall–Kier alpha value is -5.06. The van der Waals surface area contributed by atoms with Crippen molar-refractivity contribution in [3.05, 3.63) is 101 Å². The van der Waals surface area contributed by atoms with Crippen LogP contribution in [0.25, 0.3) is 10.9 Å². The van der Waals surface area contributed by atoms with Crippen molar-refractivity contribution in [2.75, 3.05) is 5.32 Å². The van der Waals surface area contributed by atoms with Gasteiger partial charge < -0.3 is 21.3 Å². The standard InChI is InChI=1S/C26H22FN7O3/c1-14-22(25(36)32-18-5-7-21-17(9-18)13-30-34-21)23(33-26(37)31-14)16-4-6-20(27)19(10-16)24(35)29-12-15-3-2-8-28-11-15/h2-11,13,23H,12H2,1H3,(H,29,35)(H,30,34)(H,32,36)(H2,31,33,37). The summed E-state index contributed by atoms with van der Waals surface area (Å²) in [6, 6.07) is 11.3. The summed E-state index contributed by atoms with van der Waals surface area (Å²) in [5, 5.41) is 18.4. The average Bonchev–Trinajstić information content (AvgIpc) is 3.35. The highest BCUT2D eigenvalue weighted by Gasteiger charge is 2.32. The van der Waals surface area contributed by atoms with Crippen molar-refractivity contribution in [3.8, 4) is 0 Å². The first-order chi connectivity index (χ1) is 17.9. The molecular formula is C26H22FN7O3. The lowest BCUT2D eigenvalue weighted by molar-refractivity contribution is -0.113. The van der Waals surface area contributed by atoms with Crippen molar-refractivity contribution in [1.29, 1.82) is 0 Å². The number of H-pyrrole nitrogens is 1. The number of nitrogens with zero attached hydrogens (tertiary/aromatic N) is 2. The second kappa shape index (κ2) is 9.90. The van der Waals surface area contributed by atoms with E-state index in [2.05, 4.69) is 36.4 Å². The van der Waals surface area contributed by atoms with E-state index in [0.29, 0.717) is 16.9 Å². The molecule has 1 unspecified atom stereocenters. The Balaban J connectivity index is 1.41. The number of amides is 4. The van der Waals surface area contributed by atoms with Crippen LogP contribution in [0.4, 0.5) is 14.9 Å². The number of allylic oxidation sites excluding steroid dienone is 1. The van der Waals surface area contributed by atoms with Gasteiger partial charge in [0.25, 0.3) is 11.8 Å². The molecule has 1 aliphatic heterocycles. The molecule has 0 spiro atoms. The minimum absolute atomic E-state index is 0.161. The molecule has 3 heterocycles. The average molecular weight is 500 g/mol. The van der Waals surface area contributed by atoms with Gasteiger partial charge in [0.2, 0.25) is 0 Å². The Labute approximate surface area is 210 Å². The fourth-order valence-electron chi connectivity index (χ4n) is 4.14. The number of fused-ring (bicyclic) bond motifs is 1. The Bertz CT molecular complexity index is 1550. The predicted molar refractivity (Wildman–Crippen MR) is 134 cm³/mol. The topological polar surface area (TPSA) is 141 Å². The predicted octanol–water partition coefficient (Wildman–Crippen LogP) is 3.29. The Morgan fingerprint density at radius 3 is 2.76 bits per heavy atom. The maximum Gasteiger partial charge on any atom is 0.319 e. The number of aromatic nitrogens is 3. The van der Waals surface area contributed by atoms with E-state index in [-0.39, 0.29) is 17.7 Å². The van der Waals surface area contributed by atoms with Crippen LogP contribution < -0.4 is 21.3 Å². The summed E-state index contributed by atoms with van der Waals surface area (Å²) in [6.45, 7) is 1.76. The fraction of sp³-hybridized carbons (Fsp3) is 0.115. The maximum absolute atomic E-state index is 14.6. The zero-order valence-electron chi connectivity index (χ0n) is 19.6. The number of rotatable bonds is 6. The molecule has 11 heteroatoms. The van der Waals surface area contributed by atoms with E-state index in [1.54, 1.807) is 55.8 Å². The quantitative estimate of drug-likeness (QED) is 0.277. The zero-order valence-corrected chi connectivity index (χ0v) is 19.6. The monoisotopic (exact) mass is 499 g/mol. The van der Waals surface area contributed by atoms with Gasteiger partial charge in [0.1, 0.15) is 5.82 Å². The number of nitrogens with one attached hydrogen (secondary N) is 5. The van der Waals surface area contributed by atoms with Gasteiger partial charge in [-0.25, -0.2) is 9.18 Å². The number of carbonyl (C=O) groups excluding carboxylic acids is 3. The van der Waals surface area contributed by atoms with Gasteiger partial charge in [-0.2, -0.15) is 5.10 Å². The molecule has 186 valence electrons. The number of hydrogen-bond acceptors (Lipinski definition) is 5. The molecule has 4 amide bonds.